The Labute approximate surface area is 220 Å². The van der Waals surface area contributed by atoms with Crippen molar-refractivity contribution in [2.45, 2.75) is 19.4 Å². The fraction of sp³-hybridized carbons (Fsp3) is 0.0857. The molecule has 0 saturated heterocycles. The molecule has 0 saturated carbocycles. The summed E-state index contributed by atoms with van der Waals surface area (Å²) in [5.74, 6) is 0. The standard InChI is InChI=1S/C35H25N3/c1-22-17-18-33-30(19-22)27-13-6-7-16-32(27)38(33)24-10-8-9-23(20-24)31-21-36-34-28-14-4-2-11-25(28)26-12-3-5-15-29(26)35(34)37-31/h2-9,11-21,24H,10H2,1H3. The quantitative estimate of drug-likeness (QED) is 0.228. The molecule has 0 aliphatic heterocycles. The molecule has 0 amide bonds. The number of allylic oxidation sites excluding steroid dienone is 4. The van der Waals surface area contributed by atoms with E-state index in [2.05, 4.69) is 121 Å². The maximum atomic E-state index is 5.24. The number of benzene rings is 5. The van der Waals surface area contributed by atoms with E-state index in [-0.39, 0.29) is 6.04 Å². The maximum Gasteiger partial charge on any atom is 0.0979 e. The highest BCUT2D eigenvalue weighted by Gasteiger charge is 2.20. The molecule has 7 aromatic rings. The molecule has 2 heterocycles. The zero-order valence-electron chi connectivity index (χ0n) is 21.1. The molecule has 1 aliphatic carbocycles. The molecule has 38 heavy (non-hydrogen) atoms. The maximum absolute atomic E-state index is 5.24. The van der Waals surface area contributed by atoms with Gasteiger partial charge in [0.1, 0.15) is 0 Å². The Bertz CT molecular complexity index is 2090. The number of fused-ring (bicyclic) bond motifs is 9. The molecular weight excluding hydrogens is 462 g/mol. The summed E-state index contributed by atoms with van der Waals surface area (Å²) in [6.07, 6.45) is 9.73. The molecule has 0 radical (unpaired) electrons. The van der Waals surface area contributed by atoms with E-state index in [1.54, 1.807) is 0 Å². The minimum absolute atomic E-state index is 0.200. The lowest BCUT2D eigenvalue weighted by atomic mass is 9.98. The fourth-order valence-corrected chi connectivity index (χ4v) is 6.25. The fourth-order valence-electron chi connectivity index (χ4n) is 6.25. The normalized spacial score (nSPS) is 15.7. The van der Waals surface area contributed by atoms with Crippen LogP contribution in [0.25, 0.3) is 60.0 Å². The SMILES string of the molecule is Cc1ccc2c(c1)c1ccccc1n2C1C=C(c2cnc3c4ccccc4c4ccccc4c3n2)C=CC1. The van der Waals surface area contributed by atoms with Crippen LogP contribution in [0.2, 0.25) is 0 Å². The lowest BCUT2D eigenvalue weighted by Gasteiger charge is -2.21. The summed E-state index contributed by atoms with van der Waals surface area (Å²) in [7, 11) is 0. The third-order valence-corrected chi connectivity index (χ3v) is 7.97. The van der Waals surface area contributed by atoms with Crippen LogP contribution < -0.4 is 0 Å². The third-order valence-electron chi connectivity index (χ3n) is 7.97. The van der Waals surface area contributed by atoms with Crippen molar-refractivity contribution in [2.24, 2.45) is 0 Å². The Morgan fingerprint density at radius 1 is 0.684 bits per heavy atom. The minimum atomic E-state index is 0.200. The molecule has 2 aromatic heterocycles. The van der Waals surface area contributed by atoms with E-state index in [9.17, 15) is 0 Å². The average Bonchev–Trinajstić information content (AvgIpc) is 3.31. The van der Waals surface area contributed by atoms with Crippen LogP contribution in [0.1, 0.15) is 23.7 Å². The van der Waals surface area contributed by atoms with Gasteiger partial charge in [0.15, 0.2) is 0 Å². The Morgan fingerprint density at radius 3 is 2.13 bits per heavy atom. The van der Waals surface area contributed by atoms with Gasteiger partial charge in [-0.1, -0.05) is 96.6 Å². The highest BCUT2D eigenvalue weighted by Crippen LogP contribution is 2.38. The highest BCUT2D eigenvalue weighted by atomic mass is 15.0. The van der Waals surface area contributed by atoms with Gasteiger partial charge in [-0.2, -0.15) is 0 Å². The summed E-state index contributed by atoms with van der Waals surface area (Å²) in [5, 5.41) is 7.34. The van der Waals surface area contributed by atoms with Gasteiger partial charge in [0.05, 0.1) is 29.0 Å². The molecule has 0 bridgehead atoms. The Kier molecular flexibility index (Phi) is 4.56. The molecule has 8 rings (SSSR count). The predicted octanol–water partition coefficient (Wildman–Crippen LogP) is 8.94. The summed E-state index contributed by atoms with van der Waals surface area (Å²) >= 11 is 0. The van der Waals surface area contributed by atoms with Crippen LogP contribution >= 0.6 is 0 Å². The van der Waals surface area contributed by atoms with Crippen LogP contribution in [-0.2, 0) is 0 Å². The zero-order chi connectivity index (χ0) is 25.2. The van der Waals surface area contributed by atoms with Crippen LogP contribution in [-0.4, -0.2) is 14.5 Å². The molecule has 180 valence electrons. The summed E-state index contributed by atoms with van der Waals surface area (Å²) in [4.78, 5) is 10.2. The van der Waals surface area contributed by atoms with Gasteiger partial charge in [-0.25, -0.2) is 4.98 Å². The number of para-hydroxylation sites is 1. The van der Waals surface area contributed by atoms with Crippen LogP contribution in [0.5, 0.6) is 0 Å². The topological polar surface area (TPSA) is 30.7 Å². The van der Waals surface area contributed by atoms with Crippen molar-refractivity contribution in [3.63, 3.8) is 0 Å². The van der Waals surface area contributed by atoms with Crippen LogP contribution in [0.15, 0.2) is 115 Å². The number of aromatic nitrogens is 3. The molecule has 0 N–H and O–H groups in total. The van der Waals surface area contributed by atoms with Gasteiger partial charge < -0.3 is 4.57 Å². The van der Waals surface area contributed by atoms with E-state index in [0.29, 0.717) is 0 Å². The van der Waals surface area contributed by atoms with Crippen LogP contribution in [0.3, 0.4) is 0 Å². The first-order valence-corrected chi connectivity index (χ1v) is 13.2. The predicted molar refractivity (Wildman–Crippen MR) is 160 cm³/mol. The zero-order valence-corrected chi connectivity index (χ0v) is 21.1. The van der Waals surface area contributed by atoms with Crippen LogP contribution in [0, 0.1) is 6.92 Å². The van der Waals surface area contributed by atoms with E-state index in [0.717, 1.165) is 39.5 Å². The Hall–Kier alpha value is -4.76. The first kappa shape index (κ1) is 21.3. The second kappa shape index (κ2) is 8.12. The first-order valence-electron chi connectivity index (χ1n) is 13.2. The second-order valence-corrected chi connectivity index (χ2v) is 10.3. The summed E-state index contributed by atoms with van der Waals surface area (Å²) in [6, 6.07) is 32.8. The number of hydrogen-bond acceptors (Lipinski definition) is 2. The van der Waals surface area contributed by atoms with E-state index in [1.807, 2.05) is 6.20 Å². The van der Waals surface area contributed by atoms with E-state index < -0.39 is 0 Å². The lowest BCUT2D eigenvalue weighted by Crippen LogP contribution is -2.09. The van der Waals surface area contributed by atoms with Crippen molar-refractivity contribution in [3.8, 4) is 0 Å². The van der Waals surface area contributed by atoms with Crippen molar-refractivity contribution in [1.29, 1.82) is 0 Å². The summed E-state index contributed by atoms with van der Waals surface area (Å²) < 4.78 is 2.49. The summed E-state index contributed by atoms with van der Waals surface area (Å²) in [6.45, 7) is 2.16. The van der Waals surface area contributed by atoms with Crippen molar-refractivity contribution in [3.05, 3.63) is 127 Å². The lowest BCUT2D eigenvalue weighted by molar-refractivity contribution is 0.650. The van der Waals surface area contributed by atoms with Gasteiger partial charge in [-0.3, -0.25) is 4.98 Å². The number of nitrogens with zero attached hydrogens (tertiary/aromatic N) is 3. The molecule has 3 heteroatoms. The van der Waals surface area contributed by atoms with Gasteiger partial charge in [-0.05, 0) is 47.9 Å². The van der Waals surface area contributed by atoms with Crippen molar-refractivity contribution >= 4 is 60.0 Å². The van der Waals surface area contributed by atoms with E-state index in [1.165, 1.54) is 38.1 Å². The molecule has 0 spiro atoms. The number of hydrogen-bond donors (Lipinski definition) is 0. The number of rotatable bonds is 2. The Balaban J connectivity index is 1.33. The third kappa shape index (κ3) is 3.08. The highest BCUT2D eigenvalue weighted by molar-refractivity contribution is 6.23. The summed E-state index contributed by atoms with van der Waals surface area (Å²) in [5.41, 5.74) is 7.77. The van der Waals surface area contributed by atoms with Gasteiger partial charge >= 0.3 is 0 Å². The van der Waals surface area contributed by atoms with Crippen molar-refractivity contribution in [1.82, 2.24) is 14.5 Å². The molecule has 1 aliphatic rings. The number of aryl methyl sites for hydroxylation is 1. The largest absolute Gasteiger partial charge is 0.333 e. The van der Waals surface area contributed by atoms with Crippen molar-refractivity contribution < 1.29 is 0 Å². The van der Waals surface area contributed by atoms with Crippen molar-refractivity contribution in [2.75, 3.05) is 0 Å². The van der Waals surface area contributed by atoms with Gasteiger partial charge in [0.25, 0.3) is 0 Å². The molecule has 0 fully saturated rings. The second-order valence-electron chi connectivity index (χ2n) is 10.3. The molecule has 5 aromatic carbocycles. The Morgan fingerprint density at radius 2 is 1.34 bits per heavy atom. The molecule has 1 unspecified atom stereocenters. The monoisotopic (exact) mass is 487 g/mol. The van der Waals surface area contributed by atoms with Crippen LogP contribution in [0.4, 0.5) is 0 Å². The van der Waals surface area contributed by atoms with Gasteiger partial charge in [0, 0.05) is 32.6 Å². The molecule has 1 atom stereocenters. The van der Waals surface area contributed by atoms with Gasteiger partial charge in [0.2, 0.25) is 0 Å². The van der Waals surface area contributed by atoms with E-state index >= 15 is 0 Å². The first-order chi connectivity index (χ1) is 18.8. The minimum Gasteiger partial charge on any atom is -0.333 e. The smallest absolute Gasteiger partial charge is 0.0979 e. The molecule has 3 nitrogen and oxygen atoms in total. The molecular formula is C35H25N3. The van der Waals surface area contributed by atoms with E-state index in [4.69, 9.17) is 9.97 Å². The van der Waals surface area contributed by atoms with Gasteiger partial charge in [-0.15, -0.1) is 0 Å². The average molecular weight is 488 g/mol.